The molecule has 0 saturated carbocycles. The van der Waals surface area contributed by atoms with Crippen LogP contribution in [-0.2, 0) is 6.54 Å². The van der Waals surface area contributed by atoms with Crippen molar-refractivity contribution in [2.45, 2.75) is 6.54 Å². The van der Waals surface area contributed by atoms with E-state index in [0.29, 0.717) is 12.4 Å². The average Bonchev–Trinajstić information content (AvgIpc) is 3.23. The summed E-state index contributed by atoms with van der Waals surface area (Å²) in [4.78, 5) is 24.9. The highest BCUT2D eigenvalue weighted by Crippen LogP contribution is 2.11. The summed E-state index contributed by atoms with van der Waals surface area (Å²) in [5.74, 6) is 1.60. The van der Waals surface area contributed by atoms with Crippen LogP contribution in [0.3, 0.4) is 0 Å². The lowest BCUT2D eigenvalue weighted by Gasteiger charge is -2.35. The van der Waals surface area contributed by atoms with E-state index in [1.807, 2.05) is 18.3 Å². The second-order valence-electron chi connectivity index (χ2n) is 6.10. The molecular weight excluding hydrogens is 332 g/mol. The van der Waals surface area contributed by atoms with Crippen molar-refractivity contribution >= 4 is 5.82 Å². The molecule has 0 bridgehead atoms. The minimum atomic E-state index is -0.0967. The zero-order valence-electron chi connectivity index (χ0n) is 14.3. The SMILES string of the molecule is O=c1ccc(-n2cccn2)nn1CCN1CCN(c2ccncn2)CC1. The van der Waals surface area contributed by atoms with Gasteiger partial charge in [0, 0.05) is 57.4 Å². The lowest BCUT2D eigenvalue weighted by atomic mass is 10.3. The highest BCUT2D eigenvalue weighted by Gasteiger charge is 2.18. The van der Waals surface area contributed by atoms with Crippen LogP contribution in [0.2, 0.25) is 0 Å². The van der Waals surface area contributed by atoms with Crippen LogP contribution < -0.4 is 10.5 Å². The van der Waals surface area contributed by atoms with E-state index in [9.17, 15) is 4.79 Å². The van der Waals surface area contributed by atoms with Crippen molar-refractivity contribution in [3.8, 4) is 5.82 Å². The Morgan fingerprint density at radius 3 is 2.58 bits per heavy atom. The Bertz CT molecular complexity index is 885. The Morgan fingerprint density at radius 2 is 1.85 bits per heavy atom. The minimum absolute atomic E-state index is 0.0967. The van der Waals surface area contributed by atoms with Gasteiger partial charge in [-0.25, -0.2) is 19.3 Å². The molecule has 4 heterocycles. The van der Waals surface area contributed by atoms with Gasteiger partial charge in [0.05, 0.1) is 6.54 Å². The maximum atomic E-state index is 12.1. The topological polar surface area (TPSA) is 85.0 Å². The summed E-state index contributed by atoms with van der Waals surface area (Å²) < 4.78 is 3.16. The number of aromatic nitrogens is 6. The van der Waals surface area contributed by atoms with Crippen LogP contribution >= 0.6 is 0 Å². The van der Waals surface area contributed by atoms with Gasteiger partial charge in [-0.15, -0.1) is 5.10 Å². The van der Waals surface area contributed by atoms with Crippen LogP contribution in [0.15, 0.2) is 54.0 Å². The summed E-state index contributed by atoms with van der Waals surface area (Å²) in [5, 5.41) is 8.57. The van der Waals surface area contributed by atoms with Crippen LogP contribution in [0, 0.1) is 0 Å². The maximum absolute atomic E-state index is 12.1. The third kappa shape index (κ3) is 3.62. The lowest BCUT2D eigenvalue weighted by molar-refractivity contribution is 0.242. The molecule has 0 aliphatic carbocycles. The molecule has 4 rings (SSSR count). The Balaban J connectivity index is 1.35. The van der Waals surface area contributed by atoms with Gasteiger partial charge in [-0.1, -0.05) is 0 Å². The second-order valence-corrected chi connectivity index (χ2v) is 6.10. The number of anilines is 1. The number of hydrogen-bond donors (Lipinski definition) is 0. The third-order valence-electron chi connectivity index (χ3n) is 4.48. The number of hydrogen-bond acceptors (Lipinski definition) is 7. The normalized spacial score (nSPS) is 15.3. The van der Waals surface area contributed by atoms with E-state index in [2.05, 4.69) is 30.0 Å². The van der Waals surface area contributed by atoms with Crippen molar-refractivity contribution in [1.82, 2.24) is 34.4 Å². The summed E-state index contributed by atoms with van der Waals surface area (Å²) >= 11 is 0. The summed E-state index contributed by atoms with van der Waals surface area (Å²) in [6.07, 6.45) is 6.84. The molecule has 0 aromatic carbocycles. The van der Waals surface area contributed by atoms with E-state index in [4.69, 9.17) is 0 Å². The van der Waals surface area contributed by atoms with Gasteiger partial charge in [0.25, 0.3) is 5.56 Å². The molecule has 134 valence electrons. The molecule has 1 fully saturated rings. The van der Waals surface area contributed by atoms with Crippen molar-refractivity contribution in [3.05, 3.63) is 59.5 Å². The van der Waals surface area contributed by atoms with E-state index in [-0.39, 0.29) is 5.56 Å². The Hall–Kier alpha value is -3.07. The molecule has 9 nitrogen and oxygen atoms in total. The van der Waals surface area contributed by atoms with Gasteiger partial charge in [-0.3, -0.25) is 9.69 Å². The first-order chi connectivity index (χ1) is 12.8. The van der Waals surface area contributed by atoms with Crippen molar-refractivity contribution in [3.63, 3.8) is 0 Å². The average molecular weight is 352 g/mol. The molecule has 1 aliphatic heterocycles. The number of piperazine rings is 1. The molecule has 0 atom stereocenters. The van der Waals surface area contributed by atoms with Crippen LogP contribution in [0.4, 0.5) is 5.82 Å². The second kappa shape index (κ2) is 7.44. The summed E-state index contributed by atoms with van der Waals surface area (Å²) in [6, 6.07) is 6.98. The first kappa shape index (κ1) is 16.4. The van der Waals surface area contributed by atoms with Gasteiger partial charge in [-0.05, 0) is 18.2 Å². The molecule has 3 aromatic rings. The molecule has 0 amide bonds. The zero-order valence-corrected chi connectivity index (χ0v) is 14.3. The van der Waals surface area contributed by atoms with E-state index in [1.54, 1.807) is 29.5 Å². The van der Waals surface area contributed by atoms with Gasteiger partial charge in [0.1, 0.15) is 12.1 Å². The van der Waals surface area contributed by atoms with Crippen molar-refractivity contribution in [1.29, 1.82) is 0 Å². The van der Waals surface area contributed by atoms with Gasteiger partial charge < -0.3 is 4.90 Å². The molecule has 1 aliphatic rings. The summed E-state index contributed by atoms with van der Waals surface area (Å²) in [6.45, 7) is 5.02. The van der Waals surface area contributed by atoms with Crippen LogP contribution in [0.5, 0.6) is 0 Å². The molecule has 0 spiro atoms. The molecule has 26 heavy (non-hydrogen) atoms. The van der Waals surface area contributed by atoms with Gasteiger partial charge in [-0.2, -0.15) is 5.10 Å². The molecule has 0 N–H and O–H groups in total. The number of nitrogens with zero attached hydrogens (tertiary/aromatic N) is 8. The van der Waals surface area contributed by atoms with Gasteiger partial charge in [0.2, 0.25) is 0 Å². The molecule has 3 aromatic heterocycles. The van der Waals surface area contributed by atoms with Gasteiger partial charge in [0.15, 0.2) is 5.82 Å². The minimum Gasteiger partial charge on any atom is -0.354 e. The lowest BCUT2D eigenvalue weighted by Crippen LogP contribution is -2.48. The first-order valence-electron chi connectivity index (χ1n) is 8.61. The van der Waals surface area contributed by atoms with Crippen LogP contribution in [0.1, 0.15) is 0 Å². The fourth-order valence-corrected chi connectivity index (χ4v) is 3.03. The Kier molecular flexibility index (Phi) is 4.69. The first-order valence-corrected chi connectivity index (χ1v) is 8.61. The van der Waals surface area contributed by atoms with E-state index in [1.165, 1.54) is 10.7 Å². The quantitative estimate of drug-likeness (QED) is 0.641. The zero-order chi connectivity index (χ0) is 17.8. The molecule has 0 unspecified atom stereocenters. The highest BCUT2D eigenvalue weighted by atomic mass is 16.1. The monoisotopic (exact) mass is 352 g/mol. The largest absolute Gasteiger partial charge is 0.354 e. The van der Waals surface area contributed by atoms with E-state index < -0.39 is 0 Å². The maximum Gasteiger partial charge on any atom is 0.266 e. The molecular formula is C17H20N8O. The molecule has 9 heteroatoms. The van der Waals surface area contributed by atoms with Crippen LogP contribution in [0.25, 0.3) is 5.82 Å². The van der Waals surface area contributed by atoms with Crippen molar-refractivity contribution < 1.29 is 0 Å². The standard InChI is InChI=1S/C17H20N8O/c26-17-3-2-16(24-7-1-5-20-24)21-25(17)13-10-22-8-11-23(12-9-22)15-4-6-18-14-19-15/h1-7,14H,8-13H2. The Morgan fingerprint density at radius 1 is 0.962 bits per heavy atom. The third-order valence-corrected chi connectivity index (χ3v) is 4.48. The Labute approximate surface area is 150 Å². The fraction of sp³-hybridized carbons (Fsp3) is 0.353. The smallest absolute Gasteiger partial charge is 0.266 e. The van der Waals surface area contributed by atoms with Gasteiger partial charge >= 0.3 is 0 Å². The van der Waals surface area contributed by atoms with E-state index >= 15 is 0 Å². The molecule has 1 saturated heterocycles. The van der Waals surface area contributed by atoms with Crippen molar-refractivity contribution in [2.75, 3.05) is 37.6 Å². The summed E-state index contributed by atoms with van der Waals surface area (Å²) in [7, 11) is 0. The van der Waals surface area contributed by atoms with Crippen molar-refractivity contribution in [2.24, 2.45) is 0 Å². The number of rotatable bonds is 5. The molecule has 0 radical (unpaired) electrons. The van der Waals surface area contributed by atoms with E-state index in [0.717, 1.165) is 38.5 Å². The predicted octanol–water partition coefficient (Wildman–Crippen LogP) is 0.0412. The van der Waals surface area contributed by atoms with Crippen LogP contribution in [-0.4, -0.2) is 67.2 Å². The predicted molar refractivity (Wildman–Crippen MR) is 96.3 cm³/mol. The fourth-order valence-electron chi connectivity index (χ4n) is 3.03. The highest BCUT2D eigenvalue weighted by molar-refractivity contribution is 5.36. The summed E-state index contributed by atoms with van der Waals surface area (Å²) in [5.41, 5.74) is -0.0967.